The fraction of sp³-hybridized carbons (Fsp3) is 0.429. The van der Waals surface area contributed by atoms with E-state index in [4.69, 9.17) is 0 Å². The molecule has 1 aromatic carbocycles. The third-order valence-electron chi connectivity index (χ3n) is 2.14. The van der Waals surface area contributed by atoms with Gasteiger partial charge in [-0.05, 0) is 29.9 Å². The minimum atomic E-state index is 0.736. The normalized spacial score (nSPS) is 11.4. The van der Waals surface area contributed by atoms with Crippen LogP contribution >= 0.6 is 0 Å². The highest BCUT2D eigenvalue weighted by Crippen LogP contribution is 2.11. The molecule has 0 aliphatic carbocycles. The van der Waals surface area contributed by atoms with Crippen molar-refractivity contribution in [2.45, 2.75) is 33.6 Å². The zero-order chi connectivity index (χ0) is 10.4. The molecule has 76 valence electrons. The Morgan fingerprint density at radius 3 is 2.71 bits per heavy atom. The molecule has 0 atom stereocenters. The number of hydrogen-bond acceptors (Lipinski definition) is 0. The van der Waals surface area contributed by atoms with E-state index >= 15 is 0 Å². The van der Waals surface area contributed by atoms with Crippen LogP contribution in [-0.2, 0) is 6.42 Å². The van der Waals surface area contributed by atoms with Crippen molar-refractivity contribution in [3.05, 3.63) is 41.5 Å². The third kappa shape index (κ3) is 3.78. The van der Waals surface area contributed by atoms with Gasteiger partial charge < -0.3 is 0 Å². The standard InChI is InChI=1S/C14H20/c1-4-5-7-13-8-6-9-14(11-13)10-12(2)3/h5-9,11-12H,4,10H2,1-3H3/b7-5+. The smallest absolute Gasteiger partial charge is 0.0255 e. The molecule has 0 N–H and O–H groups in total. The molecule has 0 nitrogen and oxygen atoms in total. The number of benzene rings is 1. The predicted molar refractivity (Wildman–Crippen MR) is 64.3 cm³/mol. The van der Waals surface area contributed by atoms with Crippen molar-refractivity contribution in [3.8, 4) is 0 Å². The van der Waals surface area contributed by atoms with E-state index in [0.29, 0.717) is 0 Å². The number of hydrogen-bond donors (Lipinski definition) is 0. The van der Waals surface area contributed by atoms with Crippen LogP contribution in [0, 0.1) is 5.92 Å². The molecular formula is C14H20. The monoisotopic (exact) mass is 188 g/mol. The van der Waals surface area contributed by atoms with Crippen molar-refractivity contribution in [2.75, 3.05) is 0 Å². The van der Waals surface area contributed by atoms with Crippen LogP contribution in [0.2, 0.25) is 0 Å². The van der Waals surface area contributed by atoms with Crippen LogP contribution in [0.3, 0.4) is 0 Å². The van der Waals surface area contributed by atoms with E-state index < -0.39 is 0 Å². The quantitative estimate of drug-likeness (QED) is 0.660. The van der Waals surface area contributed by atoms with E-state index in [1.54, 1.807) is 0 Å². The summed E-state index contributed by atoms with van der Waals surface area (Å²) in [5.41, 5.74) is 2.77. The first-order valence-corrected chi connectivity index (χ1v) is 5.48. The summed E-state index contributed by atoms with van der Waals surface area (Å²) in [6, 6.07) is 8.80. The highest BCUT2D eigenvalue weighted by atomic mass is 14.0. The second kappa shape index (κ2) is 5.64. The first kappa shape index (κ1) is 11.0. The number of rotatable bonds is 4. The van der Waals surface area contributed by atoms with Gasteiger partial charge in [-0.3, -0.25) is 0 Å². The Kier molecular flexibility index (Phi) is 4.45. The van der Waals surface area contributed by atoms with Crippen molar-refractivity contribution in [1.29, 1.82) is 0 Å². The molecular weight excluding hydrogens is 168 g/mol. The van der Waals surface area contributed by atoms with Crippen LogP contribution in [0.25, 0.3) is 6.08 Å². The summed E-state index contributed by atoms with van der Waals surface area (Å²) in [5.74, 6) is 0.736. The molecule has 0 aromatic heterocycles. The van der Waals surface area contributed by atoms with E-state index in [2.05, 4.69) is 57.2 Å². The molecule has 0 unspecified atom stereocenters. The molecule has 0 spiro atoms. The van der Waals surface area contributed by atoms with Gasteiger partial charge in [-0.25, -0.2) is 0 Å². The van der Waals surface area contributed by atoms with Gasteiger partial charge in [-0.1, -0.05) is 57.2 Å². The molecule has 0 fully saturated rings. The summed E-state index contributed by atoms with van der Waals surface area (Å²) in [7, 11) is 0. The molecule has 1 rings (SSSR count). The van der Waals surface area contributed by atoms with E-state index in [-0.39, 0.29) is 0 Å². The SMILES string of the molecule is CC/C=C/c1cccc(CC(C)C)c1. The Balaban J connectivity index is 2.73. The fourth-order valence-electron chi connectivity index (χ4n) is 1.55. The molecule has 14 heavy (non-hydrogen) atoms. The van der Waals surface area contributed by atoms with Crippen LogP contribution in [0.15, 0.2) is 30.3 Å². The molecule has 0 saturated heterocycles. The van der Waals surface area contributed by atoms with Crippen molar-refractivity contribution in [3.63, 3.8) is 0 Å². The highest BCUT2D eigenvalue weighted by Gasteiger charge is 1.97. The van der Waals surface area contributed by atoms with Crippen molar-refractivity contribution in [2.24, 2.45) is 5.92 Å². The van der Waals surface area contributed by atoms with Gasteiger partial charge in [0.15, 0.2) is 0 Å². The Bertz CT molecular complexity index is 295. The van der Waals surface area contributed by atoms with E-state index in [9.17, 15) is 0 Å². The Morgan fingerprint density at radius 2 is 2.07 bits per heavy atom. The van der Waals surface area contributed by atoms with Crippen molar-refractivity contribution >= 4 is 6.08 Å². The summed E-state index contributed by atoms with van der Waals surface area (Å²) in [5, 5.41) is 0. The maximum absolute atomic E-state index is 2.28. The van der Waals surface area contributed by atoms with Gasteiger partial charge in [0.05, 0.1) is 0 Å². The van der Waals surface area contributed by atoms with Crippen LogP contribution in [0.5, 0.6) is 0 Å². The van der Waals surface area contributed by atoms with Gasteiger partial charge in [0.25, 0.3) is 0 Å². The Hall–Kier alpha value is -1.04. The lowest BCUT2D eigenvalue weighted by Gasteiger charge is -2.05. The largest absolute Gasteiger partial charge is 0.0842 e. The summed E-state index contributed by atoms with van der Waals surface area (Å²) in [6.45, 7) is 6.68. The van der Waals surface area contributed by atoms with Gasteiger partial charge in [0, 0.05) is 0 Å². The molecule has 1 aromatic rings. The summed E-state index contributed by atoms with van der Waals surface area (Å²) in [4.78, 5) is 0. The van der Waals surface area contributed by atoms with Crippen LogP contribution in [-0.4, -0.2) is 0 Å². The number of allylic oxidation sites excluding steroid dienone is 1. The molecule has 0 amide bonds. The van der Waals surface area contributed by atoms with Gasteiger partial charge in [0.2, 0.25) is 0 Å². The van der Waals surface area contributed by atoms with Crippen LogP contribution in [0.1, 0.15) is 38.3 Å². The van der Waals surface area contributed by atoms with E-state index in [0.717, 1.165) is 12.3 Å². The average molecular weight is 188 g/mol. The van der Waals surface area contributed by atoms with Crippen molar-refractivity contribution in [1.82, 2.24) is 0 Å². The predicted octanol–water partition coefficient (Wildman–Crippen LogP) is 4.31. The van der Waals surface area contributed by atoms with Gasteiger partial charge in [-0.2, -0.15) is 0 Å². The van der Waals surface area contributed by atoms with E-state index in [1.807, 2.05) is 0 Å². The zero-order valence-corrected chi connectivity index (χ0v) is 9.46. The molecule has 0 bridgehead atoms. The topological polar surface area (TPSA) is 0 Å². The van der Waals surface area contributed by atoms with Crippen LogP contribution < -0.4 is 0 Å². The first-order valence-electron chi connectivity index (χ1n) is 5.48. The summed E-state index contributed by atoms with van der Waals surface area (Å²) < 4.78 is 0. The second-order valence-corrected chi connectivity index (χ2v) is 4.15. The van der Waals surface area contributed by atoms with Crippen molar-refractivity contribution < 1.29 is 0 Å². The average Bonchev–Trinajstić information content (AvgIpc) is 2.14. The lowest BCUT2D eigenvalue weighted by Crippen LogP contribution is -1.93. The molecule has 0 saturated carbocycles. The maximum atomic E-state index is 2.28. The van der Waals surface area contributed by atoms with Crippen LogP contribution in [0.4, 0.5) is 0 Å². The van der Waals surface area contributed by atoms with Gasteiger partial charge in [0.1, 0.15) is 0 Å². The fourth-order valence-corrected chi connectivity index (χ4v) is 1.55. The molecule has 0 heterocycles. The lowest BCUT2D eigenvalue weighted by atomic mass is 10.0. The molecule has 0 aliphatic rings. The lowest BCUT2D eigenvalue weighted by molar-refractivity contribution is 0.647. The maximum Gasteiger partial charge on any atom is -0.0255 e. The Labute approximate surface area is 87.7 Å². The summed E-state index contributed by atoms with van der Waals surface area (Å²) >= 11 is 0. The van der Waals surface area contributed by atoms with E-state index in [1.165, 1.54) is 17.5 Å². The van der Waals surface area contributed by atoms with Gasteiger partial charge >= 0.3 is 0 Å². The Morgan fingerprint density at radius 1 is 1.29 bits per heavy atom. The third-order valence-corrected chi connectivity index (χ3v) is 2.14. The minimum Gasteiger partial charge on any atom is -0.0842 e. The zero-order valence-electron chi connectivity index (χ0n) is 9.46. The minimum absolute atomic E-state index is 0.736. The molecule has 0 heteroatoms. The first-order chi connectivity index (χ1) is 6.72. The molecule has 0 radical (unpaired) electrons. The van der Waals surface area contributed by atoms with Gasteiger partial charge in [-0.15, -0.1) is 0 Å². The molecule has 0 aliphatic heterocycles. The summed E-state index contributed by atoms with van der Waals surface area (Å²) in [6.07, 6.45) is 6.68. The second-order valence-electron chi connectivity index (χ2n) is 4.15. The highest BCUT2D eigenvalue weighted by molar-refractivity contribution is 5.50.